The molecule has 6 nitrogen and oxygen atoms in total. The van der Waals surface area contributed by atoms with E-state index in [0.29, 0.717) is 37.1 Å². The van der Waals surface area contributed by atoms with Crippen LogP contribution in [-0.4, -0.2) is 36.0 Å². The molecule has 0 saturated heterocycles. The standard InChI is InChI=1S/C16H22N2O4/c1-2-9-17-15(21)12-6-5-7-13(11-12)16(22)18-10-4-3-8-14(19)20/h5-7,11H,2-4,8-10H2,1H3,(H,17,21)(H,18,22)(H,19,20). The minimum absolute atomic E-state index is 0.100. The Balaban J connectivity index is 2.48. The van der Waals surface area contributed by atoms with Gasteiger partial charge in [-0.3, -0.25) is 14.4 Å². The third-order valence-corrected chi connectivity index (χ3v) is 3.03. The van der Waals surface area contributed by atoms with Crippen molar-refractivity contribution in [3.05, 3.63) is 35.4 Å². The van der Waals surface area contributed by atoms with Crippen molar-refractivity contribution >= 4 is 17.8 Å². The second-order valence-electron chi connectivity index (χ2n) is 4.94. The summed E-state index contributed by atoms with van der Waals surface area (Å²) < 4.78 is 0. The molecule has 22 heavy (non-hydrogen) atoms. The second-order valence-corrected chi connectivity index (χ2v) is 4.94. The molecule has 6 heteroatoms. The Kier molecular flexibility index (Phi) is 7.67. The van der Waals surface area contributed by atoms with E-state index in [1.807, 2.05) is 6.92 Å². The summed E-state index contributed by atoms with van der Waals surface area (Å²) in [6, 6.07) is 6.52. The van der Waals surface area contributed by atoms with Crippen molar-refractivity contribution in [1.29, 1.82) is 0 Å². The van der Waals surface area contributed by atoms with Crippen LogP contribution in [0.1, 0.15) is 53.3 Å². The largest absolute Gasteiger partial charge is 0.481 e. The molecule has 3 N–H and O–H groups in total. The van der Waals surface area contributed by atoms with Gasteiger partial charge in [0.05, 0.1) is 0 Å². The number of hydrogen-bond donors (Lipinski definition) is 3. The maximum Gasteiger partial charge on any atom is 0.303 e. The van der Waals surface area contributed by atoms with Gasteiger partial charge in [-0.05, 0) is 37.5 Å². The number of carboxylic acid groups (broad SMARTS) is 1. The number of unbranched alkanes of at least 4 members (excludes halogenated alkanes) is 1. The maximum absolute atomic E-state index is 12.0. The van der Waals surface area contributed by atoms with Crippen LogP contribution in [0.25, 0.3) is 0 Å². The predicted molar refractivity (Wildman–Crippen MR) is 82.9 cm³/mol. The zero-order chi connectivity index (χ0) is 16.4. The fourth-order valence-electron chi connectivity index (χ4n) is 1.85. The Morgan fingerprint density at radius 3 is 2.14 bits per heavy atom. The quantitative estimate of drug-likeness (QED) is 0.606. The van der Waals surface area contributed by atoms with E-state index in [-0.39, 0.29) is 18.2 Å². The van der Waals surface area contributed by atoms with Crippen molar-refractivity contribution < 1.29 is 19.5 Å². The molecule has 1 rings (SSSR count). The minimum atomic E-state index is -0.836. The highest BCUT2D eigenvalue weighted by Gasteiger charge is 2.09. The van der Waals surface area contributed by atoms with Gasteiger partial charge in [0.25, 0.3) is 11.8 Å². The summed E-state index contributed by atoms with van der Waals surface area (Å²) in [5.41, 5.74) is 0.870. The summed E-state index contributed by atoms with van der Waals surface area (Å²) in [5, 5.41) is 14.0. The summed E-state index contributed by atoms with van der Waals surface area (Å²) in [6.45, 7) is 2.98. The average molecular weight is 306 g/mol. The first-order valence-corrected chi connectivity index (χ1v) is 7.43. The third-order valence-electron chi connectivity index (χ3n) is 3.03. The number of benzene rings is 1. The van der Waals surface area contributed by atoms with Crippen LogP contribution in [0.3, 0.4) is 0 Å². The molecule has 0 aliphatic carbocycles. The van der Waals surface area contributed by atoms with E-state index in [1.165, 1.54) is 0 Å². The fraction of sp³-hybridized carbons (Fsp3) is 0.438. The predicted octanol–water partition coefficient (Wildman–Crippen LogP) is 1.81. The van der Waals surface area contributed by atoms with Crippen LogP contribution in [0.5, 0.6) is 0 Å². The van der Waals surface area contributed by atoms with E-state index in [9.17, 15) is 14.4 Å². The molecular formula is C16H22N2O4. The number of rotatable bonds is 9. The highest BCUT2D eigenvalue weighted by Crippen LogP contribution is 2.06. The normalized spacial score (nSPS) is 10.0. The molecule has 120 valence electrons. The zero-order valence-electron chi connectivity index (χ0n) is 12.7. The van der Waals surface area contributed by atoms with Crippen molar-refractivity contribution in [2.24, 2.45) is 0 Å². The lowest BCUT2D eigenvalue weighted by atomic mass is 10.1. The number of amides is 2. The Morgan fingerprint density at radius 2 is 1.59 bits per heavy atom. The van der Waals surface area contributed by atoms with E-state index in [0.717, 1.165) is 6.42 Å². The summed E-state index contributed by atoms with van der Waals surface area (Å²) in [7, 11) is 0. The third kappa shape index (κ3) is 6.39. The zero-order valence-corrected chi connectivity index (χ0v) is 12.7. The molecule has 2 amide bonds. The van der Waals surface area contributed by atoms with E-state index in [4.69, 9.17) is 5.11 Å². The van der Waals surface area contributed by atoms with E-state index in [2.05, 4.69) is 10.6 Å². The lowest BCUT2D eigenvalue weighted by Gasteiger charge is -2.07. The Hall–Kier alpha value is -2.37. The van der Waals surface area contributed by atoms with Crippen molar-refractivity contribution in [2.75, 3.05) is 13.1 Å². The van der Waals surface area contributed by atoms with Gasteiger partial charge in [-0.1, -0.05) is 13.0 Å². The van der Waals surface area contributed by atoms with Crippen molar-refractivity contribution in [3.63, 3.8) is 0 Å². The lowest BCUT2D eigenvalue weighted by Crippen LogP contribution is -2.26. The molecular weight excluding hydrogens is 284 g/mol. The minimum Gasteiger partial charge on any atom is -0.481 e. The summed E-state index contributed by atoms with van der Waals surface area (Å²) in [5.74, 6) is -1.30. The molecule has 0 atom stereocenters. The van der Waals surface area contributed by atoms with E-state index in [1.54, 1.807) is 24.3 Å². The van der Waals surface area contributed by atoms with Gasteiger partial charge in [-0.15, -0.1) is 0 Å². The number of carbonyl (C=O) groups is 3. The lowest BCUT2D eigenvalue weighted by molar-refractivity contribution is -0.137. The molecule has 0 saturated carbocycles. The van der Waals surface area contributed by atoms with Crippen LogP contribution in [0.2, 0.25) is 0 Å². The van der Waals surface area contributed by atoms with Gasteiger partial charge in [-0.25, -0.2) is 0 Å². The molecule has 0 heterocycles. The molecule has 0 unspecified atom stereocenters. The Bertz CT molecular complexity index is 529. The second kappa shape index (κ2) is 9.55. The number of carboxylic acids is 1. The molecule has 1 aromatic rings. The molecule has 0 radical (unpaired) electrons. The van der Waals surface area contributed by atoms with Crippen LogP contribution >= 0.6 is 0 Å². The van der Waals surface area contributed by atoms with Crippen molar-refractivity contribution in [2.45, 2.75) is 32.6 Å². The Morgan fingerprint density at radius 1 is 1.00 bits per heavy atom. The topological polar surface area (TPSA) is 95.5 Å². The van der Waals surface area contributed by atoms with Gasteiger partial charge in [0.15, 0.2) is 0 Å². The van der Waals surface area contributed by atoms with Crippen LogP contribution < -0.4 is 10.6 Å². The molecule has 0 bridgehead atoms. The van der Waals surface area contributed by atoms with E-state index < -0.39 is 5.97 Å². The maximum atomic E-state index is 12.0. The van der Waals surface area contributed by atoms with Gasteiger partial charge >= 0.3 is 5.97 Å². The van der Waals surface area contributed by atoms with Gasteiger partial charge in [-0.2, -0.15) is 0 Å². The fourth-order valence-corrected chi connectivity index (χ4v) is 1.85. The number of hydrogen-bond acceptors (Lipinski definition) is 3. The molecule has 0 spiro atoms. The first kappa shape index (κ1) is 17.7. The van der Waals surface area contributed by atoms with Crippen LogP contribution in [0, 0.1) is 0 Å². The highest BCUT2D eigenvalue weighted by molar-refractivity contribution is 5.99. The van der Waals surface area contributed by atoms with E-state index >= 15 is 0 Å². The highest BCUT2D eigenvalue weighted by atomic mass is 16.4. The van der Waals surface area contributed by atoms with Crippen molar-refractivity contribution in [1.82, 2.24) is 10.6 Å². The van der Waals surface area contributed by atoms with Gasteiger partial charge < -0.3 is 15.7 Å². The van der Waals surface area contributed by atoms with Gasteiger partial charge in [0.1, 0.15) is 0 Å². The summed E-state index contributed by atoms with van der Waals surface area (Å²) in [4.78, 5) is 34.2. The molecule has 0 aliphatic rings. The van der Waals surface area contributed by atoms with Gasteiger partial charge in [0.2, 0.25) is 0 Å². The summed E-state index contributed by atoms with van der Waals surface area (Å²) in [6.07, 6.45) is 2.08. The molecule has 0 aromatic heterocycles. The summed E-state index contributed by atoms with van der Waals surface area (Å²) >= 11 is 0. The smallest absolute Gasteiger partial charge is 0.303 e. The monoisotopic (exact) mass is 306 g/mol. The number of carbonyl (C=O) groups excluding carboxylic acids is 2. The van der Waals surface area contributed by atoms with Crippen molar-refractivity contribution in [3.8, 4) is 0 Å². The first-order chi connectivity index (χ1) is 10.5. The number of aliphatic carboxylic acids is 1. The van der Waals surface area contributed by atoms with Crippen LogP contribution in [0.15, 0.2) is 24.3 Å². The first-order valence-electron chi connectivity index (χ1n) is 7.43. The molecule has 0 aliphatic heterocycles. The van der Waals surface area contributed by atoms with Crippen LogP contribution in [-0.2, 0) is 4.79 Å². The SMILES string of the molecule is CCCNC(=O)c1cccc(C(=O)NCCCCC(=O)O)c1. The Labute approximate surface area is 129 Å². The molecule has 0 fully saturated rings. The van der Waals surface area contributed by atoms with Crippen LogP contribution in [0.4, 0.5) is 0 Å². The average Bonchev–Trinajstić information content (AvgIpc) is 2.51. The number of nitrogens with one attached hydrogen (secondary N) is 2. The van der Waals surface area contributed by atoms with Gasteiger partial charge in [0, 0.05) is 30.6 Å². The molecule has 1 aromatic carbocycles.